The van der Waals surface area contributed by atoms with Crippen LogP contribution in [-0.2, 0) is 6.54 Å². The first-order valence-corrected chi connectivity index (χ1v) is 6.41. The van der Waals surface area contributed by atoms with Crippen LogP contribution in [-0.4, -0.2) is 19.0 Å². The molecule has 0 amide bonds. The minimum atomic E-state index is -0.646. The van der Waals surface area contributed by atoms with E-state index in [1.165, 1.54) is 6.07 Å². The highest BCUT2D eigenvalue weighted by Gasteiger charge is 2.11. The van der Waals surface area contributed by atoms with Crippen molar-refractivity contribution in [1.82, 2.24) is 4.90 Å². The van der Waals surface area contributed by atoms with Gasteiger partial charge in [-0.25, -0.2) is 4.39 Å². The Labute approximate surface area is 123 Å². The molecular formula is C16H16FN3O. The Morgan fingerprint density at radius 2 is 1.95 bits per heavy atom. The summed E-state index contributed by atoms with van der Waals surface area (Å²) in [5.74, 6) is 0.173. The van der Waals surface area contributed by atoms with Crippen molar-refractivity contribution in [3.8, 4) is 17.6 Å². The fraction of sp³-hybridized carbons (Fsp3) is 0.188. The molecule has 21 heavy (non-hydrogen) atoms. The van der Waals surface area contributed by atoms with Crippen molar-refractivity contribution in [1.29, 1.82) is 5.26 Å². The van der Waals surface area contributed by atoms with Gasteiger partial charge in [-0.1, -0.05) is 18.2 Å². The molecule has 4 nitrogen and oxygen atoms in total. The Kier molecular flexibility index (Phi) is 4.41. The lowest BCUT2D eigenvalue weighted by Crippen LogP contribution is -2.11. The molecule has 0 aromatic heterocycles. The number of nitrogens with two attached hydrogens (primary N) is 1. The Morgan fingerprint density at radius 1 is 1.24 bits per heavy atom. The molecule has 0 spiro atoms. The van der Waals surface area contributed by atoms with E-state index in [1.807, 2.05) is 37.2 Å². The summed E-state index contributed by atoms with van der Waals surface area (Å²) < 4.78 is 19.4. The topological polar surface area (TPSA) is 62.3 Å². The summed E-state index contributed by atoms with van der Waals surface area (Å²) in [4.78, 5) is 2.00. The third-order valence-corrected chi connectivity index (χ3v) is 2.90. The second kappa shape index (κ2) is 6.25. The van der Waals surface area contributed by atoms with Crippen LogP contribution in [0.3, 0.4) is 0 Å². The molecule has 2 N–H and O–H groups in total. The van der Waals surface area contributed by atoms with Crippen molar-refractivity contribution in [2.24, 2.45) is 0 Å². The molecule has 2 aromatic rings. The molecule has 0 aliphatic heterocycles. The molecule has 0 atom stereocenters. The Balaban J connectivity index is 2.35. The normalized spacial score (nSPS) is 10.4. The van der Waals surface area contributed by atoms with Gasteiger partial charge >= 0.3 is 0 Å². The van der Waals surface area contributed by atoms with Gasteiger partial charge in [0.15, 0.2) is 5.75 Å². The number of rotatable bonds is 4. The molecule has 5 heteroatoms. The van der Waals surface area contributed by atoms with Crippen LogP contribution in [0.25, 0.3) is 0 Å². The van der Waals surface area contributed by atoms with Crippen molar-refractivity contribution in [2.45, 2.75) is 6.54 Å². The van der Waals surface area contributed by atoms with Crippen LogP contribution in [0.1, 0.15) is 11.1 Å². The zero-order valence-corrected chi connectivity index (χ0v) is 11.9. The second-order valence-corrected chi connectivity index (χ2v) is 4.93. The van der Waals surface area contributed by atoms with Gasteiger partial charge in [0.1, 0.15) is 17.6 Å². The van der Waals surface area contributed by atoms with E-state index in [9.17, 15) is 4.39 Å². The molecule has 2 rings (SSSR count). The molecule has 0 fully saturated rings. The second-order valence-electron chi connectivity index (χ2n) is 4.93. The van der Waals surface area contributed by atoms with Gasteiger partial charge in [0.05, 0.1) is 11.3 Å². The molecule has 0 aliphatic rings. The van der Waals surface area contributed by atoms with Crippen LogP contribution in [0.2, 0.25) is 0 Å². The Bertz CT molecular complexity index is 692. The molecule has 0 saturated carbocycles. The van der Waals surface area contributed by atoms with Gasteiger partial charge in [0, 0.05) is 18.2 Å². The first kappa shape index (κ1) is 14.8. The SMILES string of the molecule is CN(C)Cc1ccccc1Oc1cc(F)c(C#N)cc1N. The van der Waals surface area contributed by atoms with Crippen LogP contribution in [0.4, 0.5) is 10.1 Å². The highest BCUT2D eigenvalue weighted by atomic mass is 19.1. The zero-order chi connectivity index (χ0) is 15.4. The molecule has 0 saturated heterocycles. The summed E-state index contributed by atoms with van der Waals surface area (Å²) in [5.41, 5.74) is 6.91. The summed E-state index contributed by atoms with van der Waals surface area (Å²) in [7, 11) is 3.90. The highest BCUT2D eigenvalue weighted by Crippen LogP contribution is 2.32. The minimum absolute atomic E-state index is 0.0959. The zero-order valence-electron chi connectivity index (χ0n) is 11.9. The molecule has 0 bridgehead atoms. The first-order valence-electron chi connectivity index (χ1n) is 6.41. The van der Waals surface area contributed by atoms with Crippen LogP contribution in [0.5, 0.6) is 11.5 Å². The third kappa shape index (κ3) is 3.50. The third-order valence-electron chi connectivity index (χ3n) is 2.90. The fourth-order valence-corrected chi connectivity index (χ4v) is 1.94. The Hall–Kier alpha value is -2.58. The number of benzene rings is 2. The summed E-state index contributed by atoms with van der Waals surface area (Å²) in [6.45, 7) is 0.689. The number of nitriles is 1. The predicted molar refractivity (Wildman–Crippen MR) is 79.4 cm³/mol. The average Bonchev–Trinajstić information content (AvgIpc) is 2.44. The summed E-state index contributed by atoms with van der Waals surface area (Å²) in [6, 6.07) is 11.6. The molecule has 0 unspecified atom stereocenters. The van der Waals surface area contributed by atoms with E-state index in [0.717, 1.165) is 11.6 Å². The number of nitrogen functional groups attached to an aromatic ring is 1. The quantitative estimate of drug-likeness (QED) is 0.877. The van der Waals surface area contributed by atoms with E-state index in [2.05, 4.69) is 0 Å². The maximum absolute atomic E-state index is 13.7. The molecule has 0 heterocycles. The van der Waals surface area contributed by atoms with Gasteiger partial charge < -0.3 is 15.4 Å². The highest BCUT2D eigenvalue weighted by molar-refractivity contribution is 5.58. The maximum atomic E-state index is 13.7. The van der Waals surface area contributed by atoms with Crippen LogP contribution in [0, 0.1) is 17.1 Å². The van der Waals surface area contributed by atoms with Gasteiger partial charge in [-0.3, -0.25) is 0 Å². The van der Waals surface area contributed by atoms with Crippen molar-refractivity contribution in [3.63, 3.8) is 0 Å². The number of anilines is 1. The van der Waals surface area contributed by atoms with Crippen molar-refractivity contribution in [2.75, 3.05) is 19.8 Å². The lowest BCUT2D eigenvalue weighted by Gasteiger charge is -2.15. The van der Waals surface area contributed by atoms with E-state index in [4.69, 9.17) is 15.7 Å². The van der Waals surface area contributed by atoms with Gasteiger partial charge in [-0.05, 0) is 26.2 Å². The van der Waals surface area contributed by atoms with Crippen LogP contribution >= 0.6 is 0 Å². The summed E-state index contributed by atoms with van der Waals surface area (Å²) >= 11 is 0. The minimum Gasteiger partial charge on any atom is -0.455 e. The molecular weight excluding hydrogens is 269 g/mol. The van der Waals surface area contributed by atoms with E-state index in [0.29, 0.717) is 12.3 Å². The van der Waals surface area contributed by atoms with Crippen LogP contribution in [0.15, 0.2) is 36.4 Å². The average molecular weight is 285 g/mol. The predicted octanol–water partition coefficient (Wildman–Crippen LogP) is 3.13. The summed E-state index contributed by atoms with van der Waals surface area (Å²) in [5, 5.41) is 8.77. The lowest BCUT2D eigenvalue weighted by atomic mass is 10.1. The molecule has 0 aliphatic carbocycles. The van der Waals surface area contributed by atoms with Crippen molar-refractivity contribution in [3.05, 3.63) is 53.3 Å². The lowest BCUT2D eigenvalue weighted by molar-refractivity contribution is 0.388. The van der Waals surface area contributed by atoms with E-state index in [1.54, 1.807) is 12.1 Å². The number of nitrogens with zero attached hydrogens (tertiary/aromatic N) is 2. The standard InChI is InChI=1S/C16H16FN3O/c1-20(2)10-11-5-3-4-6-15(11)21-16-8-13(17)12(9-18)7-14(16)19/h3-8H,10,19H2,1-2H3. The number of hydrogen-bond acceptors (Lipinski definition) is 4. The van der Waals surface area contributed by atoms with Crippen molar-refractivity contribution >= 4 is 5.69 Å². The van der Waals surface area contributed by atoms with Gasteiger partial charge in [0.2, 0.25) is 0 Å². The number of ether oxygens (including phenoxy) is 1. The molecule has 2 aromatic carbocycles. The van der Waals surface area contributed by atoms with E-state index >= 15 is 0 Å². The number of halogens is 1. The number of para-hydroxylation sites is 1. The smallest absolute Gasteiger partial charge is 0.153 e. The van der Waals surface area contributed by atoms with Gasteiger partial charge in [0.25, 0.3) is 0 Å². The summed E-state index contributed by atoms with van der Waals surface area (Å²) in [6.07, 6.45) is 0. The first-order chi connectivity index (χ1) is 10.0. The van der Waals surface area contributed by atoms with E-state index in [-0.39, 0.29) is 17.0 Å². The fourth-order valence-electron chi connectivity index (χ4n) is 1.94. The number of hydrogen-bond donors (Lipinski definition) is 1. The van der Waals surface area contributed by atoms with Gasteiger partial charge in [-0.15, -0.1) is 0 Å². The van der Waals surface area contributed by atoms with Crippen LogP contribution < -0.4 is 10.5 Å². The molecule has 108 valence electrons. The molecule has 0 radical (unpaired) electrons. The van der Waals surface area contributed by atoms with Crippen molar-refractivity contribution < 1.29 is 9.13 Å². The largest absolute Gasteiger partial charge is 0.455 e. The van der Waals surface area contributed by atoms with Gasteiger partial charge in [-0.2, -0.15) is 5.26 Å². The Morgan fingerprint density at radius 3 is 2.62 bits per heavy atom. The monoisotopic (exact) mass is 285 g/mol. The maximum Gasteiger partial charge on any atom is 0.153 e. The van der Waals surface area contributed by atoms with E-state index < -0.39 is 5.82 Å².